The minimum Gasteiger partial charge on any atom is -0.366 e. The fraction of sp³-hybridized carbons (Fsp3) is 0.267. The van der Waals surface area contributed by atoms with Gasteiger partial charge in [-0.1, -0.05) is 24.3 Å². The lowest BCUT2D eigenvalue weighted by atomic mass is 10.1. The molecule has 0 bridgehead atoms. The topological polar surface area (TPSA) is 81.1 Å². The number of nitrogens with one attached hydrogen (secondary N) is 1. The summed E-state index contributed by atoms with van der Waals surface area (Å²) in [7, 11) is 0. The van der Waals surface area contributed by atoms with Crippen LogP contribution in [0.4, 0.5) is 5.82 Å². The van der Waals surface area contributed by atoms with Gasteiger partial charge in [-0.2, -0.15) is 14.6 Å². The van der Waals surface area contributed by atoms with E-state index in [-0.39, 0.29) is 0 Å². The molecule has 0 saturated carbocycles. The maximum absolute atomic E-state index is 5.56. The molecular weight excluding hydrogens is 264 g/mol. The summed E-state index contributed by atoms with van der Waals surface area (Å²) in [4.78, 5) is 8.44. The van der Waals surface area contributed by atoms with E-state index in [1.165, 1.54) is 17.5 Å². The standard InChI is InChI=1S/C15H18N6/c1-11-8-14(21-15(20-11)18-10-19-21)17-9-13-4-2-12(3-5-13)6-7-16/h2-5,8,10,17H,6-7,9,16H2,1H3. The molecule has 0 saturated heterocycles. The van der Waals surface area contributed by atoms with Crippen molar-refractivity contribution in [1.82, 2.24) is 19.6 Å². The van der Waals surface area contributed by atoms with Gasteiger partial charge in [0, 0.05) is 18.3 Å². The maximum atomic E-state index is 5.56. The maximum Gasteiger partial charge on any atom is 0.254 e. The first-order chi connectivity index (χ1) is 10.3. The van der Waals surface area contributed by atoms with Crippen molar-refractivity contribution in [3.8, 4) is 0 Å². The van der Waals surface area contributed by atoms with E-state index in [0.29, 0.717) is 12.3 Å². The van der Waals surface area contributed by atoms with Crippen LogP contribution in [0, 0.1) is 6.92 Å². The number of hydrogen-bond acceptors (Lipinski definition) is 5. The van der Waals surface area contributed by atoms with Crippen molar-refractivity contribution < 1.29 is 0 Å². The fourth-order valence-corrected chi connectivity index (χ4v) is 2.24. The van der Waals surface area contributed by atoms with Crippen LogP contribution < -0.4 is 11.1 Å². The van der Waals surface area contributed by atoms with Gasteiger partial charge in [0.1, 0.15) is 12.1 Å². The molecule has 0 amide bonds. The zero-order valence-electron chi connectivity index (χ0n) is 12.0. The highest BCUT2D eigenvalue weighted by atomic mass is 15.3. The third-order valence-corrected chi connectivity index (χ3v) is 3.31. The normalized spacial score (nSPS) is 11.0. The average Bonchev–Trinajstić information content (AvgIpc) is 2.94. The van der Waals surface area contributed by atoms with Gasteiger partial charge in [0.15, 0.2) is 0 Å². The van der Waals surface area contributed by atoms with Crippen molar-refractivity contribution in [2.45, 2.75) is 19.9 Å². The Labute approximate surface area is 123 Å². The van der Waals surface area contributed by atoms with E-state index in [4.69, 9.17) is 5.73 Å². The number of anilines is 1. The first kappa shape index (κ1) is 13.5. The Hall–Kier alpha value is -2.47. The largest absolute Gasteiger partial charge is 0.366 e. The molecule has 0 atom stereocenters. The third-order valence-electron chi connectivity index (χ3n) is 3.31. The van der Waals surface area contributed by atoms with Gasteiger partial charge in [-0.3, -0.25) is 0 Å². The summed E-state index contributed by atoms with van der Waals surface area (Å²) in [5, 5.41) is 7.56. The summed E-state index contributed by atoms with van der Waals surface area (Å²) >= 11 is 0. The SMILES string of the molecule is Cc1cc(NCc2ccc(CCN)cc2)n2ncnc2n1. The van der Waals surface area contributed by atoms with Gasteiger partial charge in [0.05, 0.1) is 0 Å². The molecule has 6 nitrogen and oxygen atoms in total. The van der Waals surface area contributed by atoms with Crippen LogP contribution in [0.2, 0.25) is 0 Å². The Morgan fingerprint density at radius 2 is 1.95 bits per heavy atom. The highest BCUT2D eigenvalue weighted by Gasteiger charge is 2.05. The lowest BCUT2D eigenvalue weighted by Crippen LogP contribution is -2.07. The number of nitrogens with two attached hydrogens (primary N) is 1. The second-order valence-electron chi connectivity index (χ2n) is 4.96. The zero-order chi connectivity index (χ0) is 14.7. The summed E-state index contributed by atoms with van der Waals surface area (Å²) in [5.74, 6) is 1.50. The van der Waals surface area contributed by atoms with Gasteiger partial charge in [0.2, 0.25) is 0 Å². The second kappa shape index (κ2) is 5.88. The second-order valence-corrected chi connectivity index (χ2v) is 4.96. The van der Waals surface area contributed by atoms with E-state index in [1.54, 1.807) is 4.52 Å². The minimum absolute atomic E-state index is 0.607. The monoisotopic (exact) mass is 282 g/mol. The Morgan fingerprint density at radius 1 is 1.19 bits per heavy atom. The van der Waals surface area contributed by atoms with Crippen molar-refractivity contribution >= 4 is 11.6 Å². The van der Waals surface area contributed by atoms with Gasteiger partial charge < -0.3 is 11.1 Å². The molecule has 0 aliphatic rings. The smallest absolute Gasteiger partial charge is 0.254 e. The molecule has 21 heavy (non-hydrogen) atoms. The van der Waals surface area contributed by atoms with Crippen molar-refractivity contribution in [3.63, 3.8) is 0 Å². The molecule has 3 N–H and O–H groups in total. The summed E-state index contributed by atoms with van der Waals surface area (Å²) in [6, 6.07) is 10.4. The number of fused-ring (bicyclic) bond motifs is 1. The third kappa shape index (κ3) is 3.00. The molecule has 2 heterocycles. The van der Waals surface area contributed by atoms with Crippen LogP contribution in [0.25, 0.3) is 5.78 Å². The van der Waals surface area contributed by atoms with Crippen molar-refractivity contribution in [1.29, 1.82) is 0 Å². The van der Waals surface area contributed by atoms with Gasteiger partial charge in [0.25, 0.3) is 5.78 Å². The van der Waals surface area contributed by atoms with Crippen LogP contribution in [0.15, 0.2) is 36.7 Å². The summed E-state index contributed by atoms with van der Waals surface area (Å²) in [6.45, 7) is 3.35. The molecule has 0 fully saturated rings. The van der Waals surface area contributed by atoms with Gasteiger partial charge >= 0.3 is 0 Å². The van der Waals surface area contributed by atoms with E-state index in [2.05, 4.69) is 44.6 Å². The summed E-state index contributed by atoms with van der Waals surface area (Å²) in [5.41, 5.74) is 8.94. The number of aromatic nitrogens is 4. The molecule has 108 valence electrons. The van der Waals surface area contributed by atoms with Crippen molar-refractivity contribution in [3.05, 3.63) is 53.5 Å². The van der Waals surface area contributed by atoms with Crippen molar-refractivity contribution in [2.75, 3.05) is 11.9 Å². The Balaban J connectivity index is 1.75. The quantitative estimate of drug-likeness (QED) is 0.742. The Bertz CT molecular complexity index is 732. The molecule has 1 aromatic carbocycles. The molecule has 0 spiro atoms. The molecule has 0 unspecified atom stereocenters. The Kier molecular flexibility index (Phi) is 3.79. The van der Waals surface area contributed by atoms with Crippen LogP contribution in [0.3, 0.4) is 0 Å². The lowest BCUT2D eigenvalue weighted by molar-refractivity contribution is 0.915. The molecule has 2 aromatic heterocycles. The molecule has 0 aliphatic heterocycles. The predicted octanol–water partition coefficient (Wildman–Crippen LogP) is 1.55. The molecule has 0 radical (unpaired) electrons. The molecule has 3 aromatic rings. The van der Waals surface area contributed by atoms with Crippen LogP contribution >= 0.6 is 0 Å². The van der Waals surface area contributed by atoms with Crippen molar-refractivity contribution in [2.24, 2.45) is 5.73 Å². The number of nitrogens with zero attached hydrogens (tertiary/aromatic N) is 4. The lowest BCUT2D eigenvalue weighted by Gasteiger charge is -2.09. The predicted molar refractivity (Wildman–Crippen MR) is 82.0 cm³/mol. The van der Waals surface area contributed by atoms with Gasteiger partial charge in [-0.15, -0.1) is 0 Å². The molecule has 6 heteroatoms. The van der Waals surface area contributed by atoms with E-state index >= 15 is 0 Å². The molecule has 0 aliphatic carbocycles. The van der Waals surface area contributed by atoms with Crippen LogP contribution in [-0.2, 0) is 13.0 Å². The van der Waals surface area contributed by atoms with E-state index in [0.717, 1.165) is 24.5 Å². The highest BCUT2D eigenvalue weighted by Crippen LogP contribution is 2.12. The number of hydrogen-bond donors (Lipinski definition) is 2. The highest BCUT2D eigenvalue weighted by molar-refractivity contribution is 5.45. The van der Waals surface area contributed by atoms with E-state index in [9.17, 15) is 0 Å². The molecule has 3 rings (SSSR count). The first-order valence-corrected chi connectivity index (χ1v) is 6.95. The summed E-state index contributed by atoms with van der Waals surface area (Å²) in [6.07, 6.45) is 2.42. The Morgan fingerprint density at radius 3 is 2.71 bits per heavy atom. The molecular formula is C15H18N6. The van der Waals surface area contributed by atoms with Crippen LogP contribution in [0.1, 0.15) is 16.8 Å². The summed E-state index contributed by atoms with van der Waals surface area (Å²) < 4.78 is 1.70. The fourth-order valence-electron chi connectivity index (χ4n) is 2.24. The minimum atomic E-state index is 0.607. The first-order valence-electron chi connectivity index (χ1n) is 6.95. The zero-order valence-corrected chi connectivity index (χ0v) is 12.0. The average molecular weight is 282 g/mol. The number of benzene rings is 1. The van der Waals surface area contributed by atoms with Gasteiger partial charge in [-0.05, 0) is 31.0 Å². The van der Waals surface area contributed by atoms with E-state index < -0.39 is 0 Å². The number of aryl methyl sites for hydroxylation is 1. The van der Waals surface area contributed by atoms with Crippen LogP contribution in [0.5, 0.6) is 0 Å². The van der Waals surface area contributed by atoms with Gasteiger partial charge in [-0.25, -0.2) is 4.98 Å². The van der Waals surface area contributed by atoms with Crippen LogP contribution in [-0.4, -0.2) is 26.1 Å². The van der Waals surface area contributed by atoms with E-state index in [1.807, 2.05) is 13.0 Å². The number of rotatable bonds is 5.